The van der Waals surface area contributed by atoms with E-state index in [0.29, 0.717) is 12.1 Å². The standard InChI is InChI=1S/C12H16Cl2N2O/c1-7-3-9(6-16(7)2)15-8-4-10(13)12(17)11(14)5-8/h4-5,7,9,15,17H,3,6H2,1-2H3. The summed E-state index contributed by atoms with van der Waals surface area (Å²) in [6.45, 7) is 3.20. The van der Waals surface area contributed by atoms with Crippen LogP contribution in [-0.4, -0.2) is 35.7 Å². The van der Waals surface area contributed by atoms with Crippen LogP contribution in [0.15, 0.2) is 12.1 Å². The van der Waals surface area contributed by atoms with E-state index in [1.807, 2.05) is 0 Å². The molecular weight excluding hydrogens is 259 g/mol. The van der Waals surface area contributed by atoms with Crippen LogP contribution in [0.5, 0.6) is 5.75 Å². The second-order valence-electron chi connectivity index (χ2n) is 4.65. The molecule has 0 amide bonds. The summed E-state index contributed by atoms with van der Waals surface area (Å²) in [7, 11) is 2.11. The molecule has 5 heteroatoms. The van der Waals surface area contributed by atoms with Gasteiger partial charge in [-0.05, 0) is 32.5 Å². The highest BCUT2D eigenvalue weighted by molar-refractivity contribution is 6.37. The van der Waals surface area contributed by atoms with Crippen LogP contribution in [0.25, 0.3) is 0 Å². The Labute approximate surface area is 111 Å². The number of anilines is 1. The Morgan fingerprint density at radius 2 is 1.94 bits per heavy atom. The molecule has 0 saturated carbocycles. The van der Waals surface area contributed by atoms with Gasteiger partial charge in [0.05, 0.1) is 10.0 Å². The number of phenolic OH excluding ortho intramolecular Hbond substituents is 1. The lowest BCUT2D eigenvalue weighted by molar-refractivity contribution is 0.330. The van der Waals surface area contributed by atoms with E-state index in [4.69, 9.17) is 23.2 Å². The van der Waals surface area contributed by atoms with Crippen molar-refractivity contribution in [2.45, 2.75) is 25.4 Å². The summed E-state index contributed by atoms with van der Waals surface area (Å²) in [6.07, 6.45) is 1.09. The van der Waals surface area contributed by atoms with E-state index in [1.54, 1.807) is 12.1 Å². The van der Waals surface area contributed by atoms with E-state index < -0.39 is 0 Å². The van der Waals surface area contributed by atoms with E-state index in [2.05, 4.69) is 24.2 Å². The average Bonchev–Trinajstić information content (AvgIpc) is 2.54. The van der Waals surface area contributed by atoms with Crippen LogP contribution in [0.3, 0.4) is 0 Å². The monoisotopic (exact) mass is 274 g/mol. The number of likely N-dealkylation sites (tertiary alicyclic amines) is 1. The van der Waals surface area contributed by atoms with Crippen LogP contribution in [0, 0.1) is 0 Å². The van der Waals surface area contributed by atoms with Crippen LogP contribution in [-0.2, 0) is 0 Å². The van der Waals surface area contributed by atoms with Gasteiger partial charge in [0, 0.05) is 24.3 Å². The molecule has 2 atom stereocenters. The topological polar surface area (TPSA) is 35.5 Å². The summed E-state index contributed by atoms with van der Waals surface area (Å²) < 4.78 is 0. The number of phenols is 1. The van der Waals surface area contributed by atoms with Gasteiger partial charge in [0.1, 0.15) is 0 Å². The molecule has 2 unspecified atom stereocenters. The summed E-state index contributed by atoms with van der Waals surface area (Å²) in [5, 5.41) is 13.4. The molecule has 0 radical (unpaired) electrons. The van der Waals surface area contributed by atoms with Crippen molar-refractivity contribution < 1.29 is 5.11 Å². The van der Waals surface area contributed by atoms with Crippen LogP contribution in [0.4, 0.5) is 5.69 Å². The number of hydrogen-bond acceptors (Lipinski definition) is 3. The third-order valence-electron chi connectivity index (χ3n) is 3.27. The van der Waals surface area contributed by atoms with E-state index in [-0.39, 0.29) is 15.8 Å². The number of halogens is 2. The van der Waals surface area contributed by atoms with Gasteiger partial charge in [0.2, 0.25) is 0 Å². The Bertz CT molecular complexity index is 392. The van der Waals surface area contributed by atoms with Crippen molar-refractivity contribution >= 4 is 28.9 Å². The first-order chi connectivity index (χ1) is 7.97. The number of likely N-dealkylation sites (N-methyl/N-ethyl adjacent to an activating group) is 1. The van der Waals surface area contributed by atoms with Crippen molar-refractivity contribution in [2.75, 3.05) is 18.9 Å². The van der Waals surface area contributed by atoms with Gasteiger partial charge in [-0.25, -0.2) is 0 Å². The average molecular weight is 275 g/mol. The molecule has 1 aliphatic rings. The SMILES string of the molecule is CC1CC(Nc2cc(Cl)c(O)c(Cl)c2)CN1C. The molecule has 1 heterocycles. The van der Waals surface area contributed by atoms with Gasteiger partial charge < -0.3 is 15.3 Å². The second-order valence-corrected chi connectivity index (χ2v) is 5.47. The first kappa shape index (κ1) is 12.8. The smallest absolute Gasteiger partial charge is 0.152 e. The number of rotatable bonds is 2. The predicted molar refractivity (Wildman–Crippen MR) is 72.2 cm³/mol. The molecule has 1 aliphatic heterocycles. The minimum absolute atomic E-state index is 0.0595. The largest absolute Gasteiger partial charge is 0.505 e. The molecule has 1 saturated heterocycles. The van der Waals surface area contributed by atoms with Crippen molar-refractivity contribution in [1.82, 2.24) is 4.90 Å². The zero-order valence-electron chi connectivity index (χ0n) is 9.87. The van der Waals surface area contributed by atoms with E-state index in [1.165, 1.54) is 0 Å². The Kier molecular flexibility index (Phi) is 3.71. The normalized spacial score (nSPS) is 25.2. The number of benzene rings is 1. The van der Waals surface area contributed by atoms with E-state index >= 15 is 0 Å². The Morgan fingerprint density at radius 3 is 2.41 bits per heavy atom. The molecule has 0 bridgehead atoms. The maximum absolute atomic E-state index is 9.48. The van der Waals surface area contributed by atoms with Gasteiger partial charge in [-0.1, -0.05) is 23.2 Å². The van der Waals surface area contributed by atoms with E-state index in [0.717, 1.165) is 18.7 Å². The molecule has 2 rings (SSSR count). The van der Waals surface area contributed by atoms with Crippen molar-refractivity contribution in [3.8, 4) is 5.75 Å². The minimum atomic E-state index is -0.0595. The van der Waals surface area contributed by atoms with Crippen LogP contribution < -0.4 is 5.32 Å². The summed E-state index contributed by atoms with van der Waals surface area (Å²) >= 11 is 11.8. The number of hydrogen-bond donors (Lipinski definition) is 2. The quantitative estimate of drug-likeness (QED) is 0.813. The van der Waals surface area contributed by atoms with Gasteiger partial charge in [0.15, 0.2) is 5.75 Å². The summed E-state index contributed by atoms with van der Waals surface area (Å²) in [4.78, 5) is 2.31. The summed E-state index contributed by atoms with van der Waals surface area (Å²) in [5.41, 5.74) is 0.852. The molecule has 0 aliphatic carbocycles. The molecule has 1 aromatic rings. The molecule has 3 nitrogen and oxygen atoms in total. The molecule has 17 heavy (non-hydrogen) atoms. The molecule has 1 fully saturated rings. The predicted octanol–water partition coefficient (Wildman–Crippen LogP) is 3.20. The zero-order chi connectivity index (χ0) is 12.6. The lowest BCUT2D eigenvalue weighted by Gasteiger charge is -2.15. The van der Waals surface area contributed by atoms with Gasteiger partial charge >= 0.3 is 0 Å². The summed E-state index contributed by atoms with van der Waals surface area (Å²) in [5.74, 6) is -0.0595. The second kappa shape index (κ2) is 4.92. The lowest BCUT2D eigenvalue weighted by Crippen LogP contribution is -2.24. The van der Waals surface area contributed by atoms with Crippen molar-refractivity contribution in [3.05, 3.63) is 22.2 Å². The Hall–Kier alpha value is -0.640. The fourth-order valence-corrected chi connectivity index (χ4v) is 2.67. The summed E-state index contributed by atoms with van der Waals surface area (Å²) in [6, 6.07) is 4.37. The Morgan fingerprint density at radius 1 is 1.35 bits per heavy atom. The van der Waals surface area contributed by atoms with Gasteiger partial charge in [0.25, 0.3) is 0 Å². The number of aromatic hydroxyl groups is 1. The fourth-order valence-electron chi connectivity index (χ4n) is 2.18. The molecule has 1 aromatic carbocycles. The van der Waals surface area contributed by atoms with Gasteiger partial charge in [-0.2, -0.15) is 0 Å². The van der Waals surface area contributed by atoms with Crippen molar-refractivity contribution in [2.24, 2.45) is 0 Å². The third-order valence-corrected chi connectivity index (χ3v) is 3.85. The zero-order valence-corrected chi connectivity index (χ0v) is 11.4. The molecular formula is C12H16Cl2N2O. The first-order valence-corrected chi connectivity index (χ1v) is 6.37. The van der Waals surface area contributed by atoms with E-state index in [9.17, 15) is 5.11 Å². The molecule has 0 spiro atoms. The highest BCUT2D eigenvalue weighted by Gasteiger charge is 2.26. The molecule has 94 valence electrons. The van der Waals surface area contributed by atoms with Crippen LogP contribution in [0.1, 0.15) is 13.3 Å². The highest BCUT2D eigenvalue weighted by Crippen LogP contribution is 2.35. The lowest BCUT2D eigenvalue weighted by atomic mass is 10.2. The van der Waals surface area contributed by atoms with Gasteiger partial charge in [-0.15, -0.1) is 0 Å². The number of nitrogens with zero attached hydrogens (tertiary/aromatic N) is 1. The van der Waals surface area contributed by atoms with Crippen molar-refractivity contribution in [3.63, 3.8) is 0 Å². The van der Waals surface area contributed by atoms with Crippen LogP contribution >= 0.6 is 23.2 Å². The van der Waals surface area contributed by atoms with Gasteiger partial charge in [-0.3, -0.25) is 0 Å². The third kappa shape index (κ3) is 2.79. The maximum atomic E-state index is 9.48. The maximum Gasteiger partial charge on any atom is 0.152 e. The van der Waals surface area contributed by atoms with Crippen molar-refractivity contribution in [1.29, 1.82) is 0 Å². The highest BCUT2D eigenvalue weighted by atomic mass is 35.5. The van der Waals surface area contributed by atoms with Crippen LogP contribution in [0.2, 0.25) is 10.0 Å². The fraction of sp³-hybridized carbons (Fsp3) is 0.500. The minimum Gasteiger partial charge on any atom is -0.505 e. The number of nitrogens with one attached hydrogen (secondary N) is 1. The molecule has 2 N–H and O–H groups in total. The molecule has 0 aromatic heterocycles. The first-order valence-electron chi connectivity index (χ1n) is 5.62. The Balaban J connectivity index is 2.10.